The van der Waals surface area contributed by atoms with Crippen molar-refractivity contribution in [2.75, 3.05) is 18.1 Å². The molecule has 0 radical (unpaired) electrons. The second-order valence-electron chi connectivity index (χ2n) is 5.73. The number of hydrogen-bond donors (Lipinski definition) is 1. The van der Waals surface area contributed by atoms with Crippen LogP contribution in [0.1, 0.15) is 18.4 Å². The third kappa shape index (κ3) is 4.33. The SMILES string of the molecule is O=C(NCc1ccccc1)N(CC1CCCO1)c1ccccc1. The molecular weight excluding hydrogens is 288 g/mol. The number of carbonyl (C=O) groups excluding carboxylic acids is 1. The lowest BCUT2D eigenvalue weighted by Gasteiger charge is -2.26. The van der Waals surface area contributed by atoms with E-state index in [0.29, 0.717) is 13.1 Å². The van der Waals surface area contributed by atoms with Crippen molar-refractivity contribution >= 4 is 11.7 Å². The number of para-hydroxylation sites is 1. The number of amides is 2. The van der Waals surface area contributed by atoms with Gasteiger partial charge in [-0.3, -0.25) is 4.90 Å². The quantitative estimate of drug-likeness (QED) is 0.917. The molecule has 4 nitrogen and oxygen atoms in total. The lowest BCUT2D eigenvalue weighted by Crippen LogP contribution is -2.43. The van der Waals surface area contributed by atoms with E-state index < -0.39 is 0 Å². The van der Waals surface area contributed by atoms with E-state index in [1.807, 2.05) is 60.7 Å². The topological polar surface area (TPSA) is 41.6 Å². The normalized spacial score (nSPS) is 17.0. The molecule has 0 aliphatic carbocycles. The standard InChI is InChI=1S/C19H22N2O2/c22-19(20-14-16-8-3-1-4-9-16)21(15-18-12-7-13-23-18)17-10-5-2-6-11-17/h1-6,8-11,18H,7,12-15H2,(H,20,22). The van der Waals surface area contributed by atoms with Crippen molar-refractivity contribution in [3.05, 3.63) is 66.2 Å². The molecule has 1 saturated heterocycles. The molecule has 0 bridgehead atoms. The highest BCUT2D eigenvalue weighted by atomic mass is 16.5. The van der Waals surface area contributed by atoms with E-state index in [9.17, 15) is 4.79 Å². The first-order valence-electron chi connectivity index (χ1n) is 8.09. The van der Waals surface area contributed by atoms with Crippen molar-refractivity contribution in [1.29, 1.82) is 0 Å². The molecule has 1 atom stereocenters. The van der Waals surface area contributed by atoms with Crippen molar-refractivity contribution in [1.82, 2.24) is 5.32 Å². The van der Waals surface area contributed by atoms with Crippen LogP contribution in [0.3, 0.4) is 0 Å². The van der Waals surface area contributed by atoms with Crippen LogP contribution in [0.25, 0.3) is 0 Å². The molecule has 3 rings (SSSR count). The van der Waals surface area contributed by atoms with Gasteiger partial charge in [0.2, 0.25) is 0 Å². The Kier molecular flexibility index (Phi) is 5.27. The van der Waals surface area contributed by atoms with E-state index in [4.69, 9.17) is 4.74 Å². The van der Waals surface area contributed by atoms with Crippen molar-refractivity contribution in [2.24, 2.45) is 0 Å². The summed E-state index contributed by atoms with van der Waals surface area (Å²) in [5, 5.41) is 3.00. The zero-order valence-corrected chi connectivity index (χ0v) is 13.2. The number of benzene rings is 2. The van der Waals surface area contributed by atoms with Crippen LogP contribution in [0.4, 0.5) is 10.5 Å². The largest absolute Gasteiger partial charge is 0.376 e. The lowest BCUT2D eigenvalue weighted by atomic mass is 10.2. The smallest absolute Gasteiger partial charge is 0.322 e. The molecule has 2 amide bonds. The molecule has 4 heteroatoms. The number of anilines is 1. The Bertz CT molecular complexity index is 610. The molecule has 1 N–H and O–H groups in total. The predicted octanol–water partition coefficient (Wildman–Crippen LogP) is 3.58. The van der Waals surface area contributed by atoms with Gasteiger partial charge in [-0.05, 0) is 30.5 Å². The van der Waals surface area contributed by atoms with Crippen LogP contribution in [-0.4, -0.2) is 25.3 Å². The second-order valence-corrected chi connectivity index (χ2v) is 5.73. The first kappa shape index (κ1) is 15.6. The van der Waals surface area contributed by atoms with Crippen LogP contribution in [0.2, 0.25) is 0 Å². The molecule has 23 heavy (non-hydrogen) atoms. The fourth-order valence-electron chi connectivity index (χ4n) is 2.77. The average Bonchev–Trinajstić information content (AvgIpc) is 3.12. The zero-order valence-electron chi connectivity index (χ0n) is 13.2. The number of carbonyl (C=O) groups is 1. The Morgan fingerprint density at radius 3 is 2.43 bits per heavy atom. The minimum atomic E-state index is -0.0875. The maximum Gasteiger partial charge on any atom is 0.322 e. The van der Waals surface area contributed by atoms with Crippen molar-refractivity contribution in [3.8, 4) is 0 Å². The van der Waals surface area contributed by atoms with Crippen LogP contribution < -0.4 is 10.2 Å². The third-order valence-corrected chi connectivity index (χ3v) is 4.01. The van der Waals surface area contributed by atoms with Gasteiger partial charge in [-0.25, -0.2) is 4.79 Å². The highest BCUT2D eigenvalue weighted by Gasteiger charge is 2.23. The summed E-state index contributed by atoms with van der Waals surface area (Å²) in [4.78, 5) is 14.4. The second kappa shape index (κ2) is 7.79. The minimum absolute atomic E-state index is 0.0875. The fraction of sp³-hybridized carbons (Fsp3) is 0.316. The predicted molar refractivity (Wildman–Crippen MR) is 91.4 cm³/mol. The first-order valence-corrected chi connectivity index (χ1v) is 8.09. The summed E-state index contributed by atoms with van der Waals surface area (Å²) in [5.41, 5.74) is 1.99. The molecular formula is C19H22N2O2. The maximum atomic E-state index is 12.7. The molecule has 2 aromatic rings. The molecule has 1 heterocycles. The van der Waals surface area contributed by atoms with Crippen LogP contribution in [0.5, 0.6) is 0 Å². The van der Waals surface area contributed by atoms with Crippen LogP contribution in [0.15, 0.2) is 60.7 Å². The van der Waals surface area contributed by atoms with Crippen LogP contribution in [-0.2, 0) is 11.3 Å². The third-order valence-electron chi connectivity index (χ3n) is 4.01. The van der Waals surface area contributed by atoms with Crippen LogP contribution >= 0.6 is 0 Å². The Morgan fingerprint density at radius 2 is 1.78 bits per heavy atom. The summed E-state index contributed by atoms with van der Waals surface area (Å²) >= 11 is 0. The van der Waals surface area contributed by atoms with E-state index in [0.717, 1.165) is 30.7 Å². The molecule has 0 saturated carbocycles. The number of nitrogens with one attached hydrogen (secondary N) is 1. The van der Waals surface area contributed by atoms with Gasteiger partial charge in [-0.2, -0.15) is 0 Å². The van der Waals surface area contributed by atoms with Gasteiger partial charge in [-0.15, -0.1) is 0 Å². The Hall–Kier alpha value is -2.33. The summed E-state index contributed by atoms with van der Waals surface area (Å²) in [5.74, 6) is 0. The summed E-state index contributed by atoms with van der Waals surface area (Å²) < 4.78 is 5.70. The van der Waals surface area contributed by atoms with Crippen molar-refractivity contribution in [3.63, 3.8) is 0 Å². The molecule has 120 valence electrons. The molecule has 1 aliphatic heterocycles. The molecule has 2 aromatic carbocycles. The number of nitrogens with zero attached hydrogens (tertiary/aromatic N) is 1. The van der Waals surface area contributed by atoms with Gasteiger partial charge in [-0.1, -0.05) is 48.5 Å². The van der Waals surface area contributed by atoms with Gasteiger partial charge < -0.3 is 10.1 Å². The summed E-state index contributed by atoms with van der Waals surface area (Å²) in [6.07, 6.45) is 2.20. The first-order chi connectivity index (χ1) is 11.3. The lowest BCUT2D eigenvalue weighted by molar-refractivity contribution is 0.116. The van der Waals surface area contributed by atoms with Gasteiger partial charge in [0.1, 0.15) is 0 Å². The summed E-state index contributed by atoms with van der Waals surface area (Å²) in [6.45, 7) is 1.90. The molecule has 1 fully saturated rings. The summed E-state index contributed by atoms with van der Waals surface area (Å²) in [7, 11) is 0. The van der Waals surface area contributed by atoms with Crippen molar-refractivity contribution in [2.45, 2.75) is 25.5 Å². The van der Waals surface area contributed by atoms with Gasteiger partial charge in [0.25, 0.3) is 0 Å². The molecule has 0 spiro atoms. The number of urea groups is 1. The van der Waals surface area contributed by atoms with Gasteiger partial charge in [0.15, 0.2) is 0 Å². The Morgan fingerprint density at radius 1 is 1.09 bits per heavy atom. The van der Waals surface area contributed by atoms with E-state index >= 15 is 0 Å². The summed E-state index contributed by atoms with van der Waals surface area (Å²) in [6, 6.07) is 19.6. The molecule has 1 aliphatic rings. The number of rotatable bonds is 5. The Labute approximate surface area is 137 Å². The molecule has 1 unspecified atom stereocenters. The highest BCUT2D eigenvalue weighted by molar-refractivity contribution is 5.91. The van der Waals surface area contributed by atoms with Gasteiger partial charge in [0.05, 0.1) is 12.6 Å². The van der Waals surface area contributed by atoms with Crippen LogP contribution in [0, 0.1) is 0 Å². The number of ether oxygens (including phenoxy) is 1. The van der Waals surface area contributed by atoms with E-state index in [1.54, 1.807) is 4.90 Å². The Balaban J connectivity index is 1.67. The zero-order chi connectivity index (χ0) is 15.9. The fourth-order valence-corrected chi connectivity index (χ4v) is 2.77. The number of hydrogen-bond acceptors (Lipinski definition) is 2. The van der Waals surface area contributed by atoms with Crippen molar-refractivity contribution < 1.29 is 9.53 Å². The highest BCUT2D eigenvalue weighted by Crippen LogP contribution is 2.19. The minimum Gasteiger partial charge on any atom is -0.376 e. The molecule has 0 aromatic heterocycles. The van der Waals surface area contributed by atoms with E-state index in [1.165, 1.54) is 0 Å². The average molecular weight is 310 g/mol. The van der Waals surface area contributed by atoms with Gasteiger partial charge in [0, 0.05) is 18.8 Å². The maximum absolute atomic E-state index is 12.7. The van der Waals surface area contributed by atoms with E-state index in [-0.39, 0.29) is 12.1 Å². The van der Waals surface area contributed by atoms with Gasteiger partial charge >= 0.3 is 6.03 Å². The monoisotopic (exact) mass is 310 g/mol. The van der Waals surface area contributed by atoms with E-state index in [2.05, 4.69) is 5.32 Å².